The van der Waals surface area contributed by atoms with Gasteiger partial charge in [0.25, 0.3) is 5.56 Å². The van der Waals surface area contributed by atoms with Crippen molar-refractivity contribution in [2.24, 2.45) is 5.92 Å². The van der Waals surface area contributed by atoms with Crippen LogP contribution in [0.5, 0.6) is 0 Å². The first kappa shape index (κ1) is 20.2. The average molecular weight is 391 g/mol. The van der Waals surface area contributed by atoms with Gasteiger partial charge in [-0.3, -0.25) is 14.2 Å². The third kappa shape index (κ3) is 4.00. The van der Waals surface area contributed by atoms with Gasteiger partial charge < -0.3 is 5.32 Å². The Morgan fingerprint density at radius 3 is 2.85 bits per heavy atom. The molecule has 0 aliphatic carbocycles. The summed E-state index contributed by atoms with van der Waals surface area (Å²) in [4.78, 5) is 29.8. The molecule has 0 radical (unpaired) electrons. The molecule has 0 aliphatic rings. The molecule has 0 fully saturated rings. The predicted molar refractivity (Wildman–Crippen MR) is 106 cm³/mol. The van der Waals surface area contributed by atoms with Gasteiger partial charge in [-0.2, -0.15) is 5.26 Å². The number of aromatic nitrogens is 2. The van der Waals surface area contributed by atoms with Gasteiger partial charge in [0.05, 0.1) is 16.8 Å². The Morgan fingerprint density at radius 2 is 2.27 bits per heavy atom. The van der Waals surface area contributed by atoms with Crippen molar-refractivity contribution in [1.82, 2.24) is 14.9 Å². The number of nitrogens with one attached hydrogen (secondary N) is 1. The van der Waals surface area contributed by atoms with E-state index in [1.165, 1.54) is 27.7 Å². The molecular formula is C18H22N4O2S2. The molecule has 0 unspecified atom stereocenters. The highest BCUT2D eigenvalue weighted by molar-refractivity contribution is 8.00. The predicted octanol–water partition coefficient (Wildman–Crippen LogP) is 3.18. The van der Waals surface area contributed by atoms with E-state index >= 15 is 0 Å². The molecule has 138 valence electrons. The second-order valence-electron chi connectivity index (χ2n) is 6.45. The number of hydrogen-bond acceptors (Lipinski definition) is 6. The number of fused-ring (bicyclic) bond motifs is 1. The molecule has 26 heavy (non-hydrogen) atoms. The van der Waals surface area contributed by atoms with Crippen molar-refractivity contribution in [1.29, 1.82) is 5.26 Å². The molecule has 0 spiro atoms. The number of nitriles is 1. The Labute approximate surface area is 160 Å². The number of carbonyl (C=O) groups is 1. The van der Waals surface area contributed by atoms with E-state index in [2.05, 4.69) is 22.9 Å². The number of thioether (sulfide) groups is 1. The van der Waals surface area contributed by atoms with Gasteiger partial charge in [-0.25, -0.2) is 4.98 Å². The lowest BCUT2D eigenvalue weighted by molar-refractivity contribution is -0.121. The van der Waals surface area contributed by atoms with Crippen LogP contribution in [0.1, 0.15) is 27.7 Å². The zero-order valence-electron chi connectivity index (χ0n) is 15.3. The lowest BCUT2D eigenvalue weighted by Crippen LogP contribution is -2.51. The van der Waals surface area contributed by atoms with Crippen molar-refractivity contribution >= 4 is 39.2 Å². The molecule has 0 saturated heterocycles. The average Bonchev–Trinajstić information content (AvgIpc) is 3.06. The van der Waals surface area contributed by atoms with Gasteiger partial charge in [0.15, 0.2) is 5.16 Å². The maximum absolute atomic E-state index is 12.6. The largest absolute Gasteiger partial charge is 0.337 e. The second kappa shape index (κ2) is 8.06. The van der Waals surface area contributed by atoms with Gasteiger partial charge in [-0.1, -0.05) is 31.7 Å². The van der Waals surface area contributed by atoms with Crippen LogP contribution in [0.25, 0.3) is 10.2 Å². The van der Waals surface area contributed by atoms with E-state index in [9.17, 15) is 14.9 Å². The van der Waals surface area contributed by atoms with Crippen LogP contribution in [-0.4, -0.2) is 26.2 Å². The number of allylic oxidation sites excluding steroid dienone is 1. The van der Waals surface area contributed by atoms with E-state index in [1.54, 1.807) is 26.0 Å². The quantitative estimate of drug-likeness (QED) is 0.446. The molecule has 0 saturated carbocycles. The summed E-state index contributed by atoms with van der Waals surface area (Å²) < 4.78 is 2.11. The highest BCUT2D eigenvalue weighted by Crippen LogP contribution is 2.25. The van der Waals surface area contributed by atoms with E-state index in [1.807, 2.05) is 19.2 Å². The van der Waals surface area contributed by atoms with Gasteiger partial charge in [0.2, 0.25) is 5.91 Å². The van der Waals surface area contributed by atoms with Gasteiger partial charge in [0.1, 0.15) is 10.2 Å². The van der Waals surface area contributed by atoms with Crippen molar-refractivity contribution in [2.45, 2.75) is 50.2 Å². The Hall–Kier alpha value is -2.11. The summed E-state index contributed by atoms with van der Waals surface area (Å²) in [6.07, 6.45) is 1.63. The SMILES string of the molecule is C=CCn1c(S[C@@H](C)C(=O)N[C@](C)(C#N)C(C)C)nc2ccsc2c1=O. The summed E-state index contributed by atoms with van der Waals surface area (Å²) in [5.41, 5.74) is -0.458. The Kier molecular flexibility index (Phi) is 6.26. The minimum absolute atomic E-state index is 0.0344. The summed E-state index contributed by atoms with van der Waals surface area (Å²) in [6, 6.07) is 3.96. The molecule has 1 amide bonds. The van der Waals surface area contributed by atoms with E-state index in [0.717, 1.165) is 0 Å². The highest BCUT2D eigenvalue weighted by Gasteiger charge is 2.32. The summed E-state index contributed by atoms with van der Waals surface area (Å²) in [5, 5.41) is 14.0. The standard InChI is InChI=1S/C18H22N4O2S2/c1-6-8-22-16(24)14-13(7-9-25-14)20-17(22)26-12(4)15(23)21-18(5,10-19)11(2)3/h6-7,9,11-12H,1,8H2,2-5H3,(H,21,23)/t12-,18+/m0/s1. The number of carbonyl (C=O) groups excluding carboxylic acids is 1. The first-order chi connectivity index (χ1) is 12.2. The third-order valence-electron chi connectivity index (χ3n) is 4.26. The summed E-state index contributed by atoms with van der Waals surface area (Å²) >= 11 is 2.55. The van der Waals surface area contributed by atoms with Crippen molar-refractivity contribution in [3.05, 3.63) is 34.5 Å². The van der Waals surface area contributed by atoms with Crippen molar-refractivity contribution in [2.75, 3.05) is 0 Å². The Bertz CT molecular complexity index is 925. The minimum atomic E-state index is -0.947. The molecule has 2 heterocycles. The monoisotopic (exact) mass is 390 g/mol. The van der Waals surface area contributed by atoms with E-state index in [0.29, 0.717) is 21.9 Å². The summed E-state index contributed by atoms with van der Waals surface area (Å²) in [7, 11) is 0. The highest BCUT2D eigenvalue weighted by atomic mass is 32.2. The van der Waals surface area contributed by atoms with Crippen LogP contribution >= 0.6 is 23.1 Å². The lowest BCUT2D eigenvalue weighted by atomic mass is 9.90. The first-order valence-corrected chi connectivity index (χ1v) is 9.98. The number of nitrogens with zero attached hydrogens (tertiary/aromatic N) is 3. The zero-order valence-corrected chi connectivity index (χ0v) is 16.9. The molecule has 1 N–H and O–H groups in total. The lowest BCUT2D eigenvalue weighted by Gasteiger charge is -2.28. The summed E-state index contributed by atoms with van der Waals surface area (Å²) in [5.74, 6) is -0.301. The molecule has 0 aliphatic heterocycles. The number of amides is 1. The molecule has 2 aromatic rings. The fourth-order valence-electron chi connectivity index (χ4n) is 2.17. The van der Waals surface area contributed by atoms with Gasteiger partial charge in [-0.05, 0) is 31.2 Å². The minimum Gasteiger partial charge on any atom is -0.337 e. The molecule has 0 bridgehead atoms. The maximum Gasteiger partial charge on any atom is 0.272 e. The first-order valence-electron chi connectivity index (χ1n) is 8.22. The zero-order chi connectivity index (χ0) is 19.5. The van der Waals surface area contributed by atoms with Crippen LogP contribution in [0, 0.1) is 17.2 Å². The maximum atomic E-state index is 12.6. The second-order valence-corrected chi connectivity index (χ2v) is 8.68. The Morgan fingerprint density at radius 1 is 1.58 bits per heavy atom. The van der Waals surface area contributed by atoms with E-state index in [-0.39, 0.29) is 17.4 Å². The molecular weight excluding hydrogens is 368 g/mol. The van der Waals surface area contributed by atoms with Crippen LogP contribution in [0.2, 0.25) is 0 Å². The van der Waals surface area contributed by atoms with Crippen molar-refractivity contribution in [3.63, 3.8) is 0 Å². The van der Waals surface area contributed by atoms with Crippen molar-refractivity contribution < 1.29 is 4.79 Å². The molecule has 2 rings (SSSR count). The smallest absolute Gasteiger partial charge is 0.272 e. The molecule has 6 nitrogen and oxygen atoms in total. The molecule has 2 atom stereocenters. The fourth-order valence-corrected chi connectivity index (χ4v) is 3.87. The molecule has 8 heteroatoms. The fraction of sp³-hybridized carbons (Fsp3) is 0.444. The van der Waals surface area contributed by atoms with E-state index < -0.39 is 10.8 Å². The normalized spacial score (nSPS) is 14.6. The van der Waals surface area contributed by atoms with E-state index in [4.69, 9.17) is 0 Å². The molecule has 0 aromatic carbocycles. The number of hydrogen-bond donors (Lipinski definition) is 1. The topological polar surface area (TPSA) is 87.8 Å². The Balaban J connectivity index is 2.31. The number of thiophene rings is 1. The molecule has 2 aromatic heterocycles. The summed E-state index contributed by atoms with van der Waals surface area (Å²) in [6.45, 7) is 11.2. The number of rotatable bonds is 7. The van der Waals surface area contributed by atoms with Crippen LogP contribution in [-0.2, 0) is 11.3 Å². The van der Waals surface area contributed by atoms with Gasteiger partial charge >= 0.3 is 0 Å². The van der Waals surface area contributed by atoms with Gasteiger partial charge in [0, 0.05) is 6.54 Å². The van der Waals surface area contributed by atoms with Crippen LogP contribution < -0.4 is 10.9 Å². The van der Waals surface area contributed by atoms with Gasteiger partial charge in [-0.15, -0.1) is 17.9 Å². The van der Waals surface area contributed by atoms with Crippen LogP contribution in [0.3, 0.4) is 0 Å². The third-order valence-corrected chi connectivity index (χ3v) is 6.25. The van der Waals surface area contributed by atoms with Crippen molar-refractivity contribution in [3.8, 4) is 6.07 Å². The van der Waals surface area contributed by atoms with Crippen LogP contribution in [0.4, 0.5) is 0 Å². The van der Waals surface area contributed by atoms with Crippen LogP contribution in [0.15, 0.2) is 34.1 Å².